The molecule has 106 valence electrons. The molecule has 4 nitrogen and oxygen atoms in total. The summed E-state index contributed by atoms with van der Waals surface area (Å²) in [5.41, 5.74) is 5.25. The molecule has 0 unspecified atom stereocenters. The summed E-state index contributed by atoms with van der Waals surface area (Å²) in [5, 5.41) is 14.6. The highest BCUT2D eigenvalue weighted by atomic mass is 127. The van der Waals surface area contributed by atoms with E-state index in [1.165, 1.54) is 9.13 Å². The third-order valence-corrected chi connectivity index (χ3v) is 4.46. The monoisotopic (exact) mass is 390 g/mol. The maximum Gasteiger partial charge on any atom is 0.117 e. The molecule has 0 aliphatic rings. The highest BCUT2D eigenvalue weighted by Gasteiger charge is 2.09. The summed E-state index contributed by atoms with van der Waals surface area (Å²) in [6, 6.07) is 16.4. The highest BCUT2D eigenvalue weighted by Crippen LogP contribution is 2.21. The van der Waals surface area contributed by atoms with Crippen LogP contribution < -0.4 is 5.32 Å². The van der Waals surface area contributed by atoms with Crippen LogP contribution in [-0.2, 0) is 6.54 Å². The Hall–Kier alpha value is -1.89. The maximum atomic E-state index is 4.25. The van der Waals surface area contributed by atoms with Gasteiger partial charge in [-0.25, -0.2) is 0 Å². The lowest BCUT2D eigenvalue weighted by Crippen LogP contribution is -2.02. The largest absolute Gasteiger partial charge is 0.379 e. The molecule has 2 aromatic carbocycles. The predicted octanol–water partition coefficient (Wildman–Crippen LogP) is 4.00. The topological polar surface area (TPSA) is 53.6 Å². The maximum absolute atomic E-state index is 4.25. The van der Waals surface area contributed by atoms with Crippen molar-refractivity contribution in [3.8, 4) is 11.3 Å². The molecule has 1 heterocycles. The number of rotatable bonds is 4. The van der Waals surface area contributed by atoms with Crippen molar-refractivity contribution < 1.29 is 0 Å². The number of aromatic amines is 1. The second-order valence-electron chi connectivity index (χ2n) is 4.80. The number of anilines is 1. The van der Waals surface area contributed by atoms with Crippen molar-refractivity contribution in [3.63, 3.8) is 0 Å². The first-order valence-electron chi connectivity index (χ1n) is 6.69. The van der Waals surface area contributed by atoms with Crippen LogP contribution in [0.3, 0.4) is 0 Å². The first-order chi connectivity index (χ1) is 10.2. The van der Waals surface area contributed by atoms with E-state index in [9.17, 15) is 0 Å². The van der Waals surface area contributed by atoms with E-state index < -0.39 is 0 Å². The number of nitrogens with zero attached hydrogens (tertiary/aromatic N) is 2. The normalized spacial score (nSPS) is 10.6. The van der Waals surface area contributed by atoms with Gasteiger partial charge in [-0.05, 0) is 47.2 Å². The van der Waals surface area contributed by atoms with Gasteiger partial charge in [0, 0.05) is 14.8 Å². The molecular formula is C16H15IN4. The predicted molar refractivity (Wildman–Crippen MR) is 93.0 cm³/mol. The van der Waals surface area contributed by atoms with Gasteiger partial charge in [-0.15, -0.1) is 0 Å². The van der Waals surface area contributed by atoms with Crippen molar-refractivity contribution in [2.75, 3.05) is 5.32 Å². The molecule has 0 saturated carbocycles. The molecule has 0 aliphatic carbocycles. The zero-order valence-corrected chi connectivity index (χ0v) is 13.8. The zero-order chi connectivity index (χ0) is 14.7. The summed E-state index contributed by atoms with van der Waals surface area (Å²) in [4.78, 5) is 0. The molecule has 5 heteroatoms. The molecule has 0 fully saturated rings. The van der Waals surface area contributed by atoms with E-state index in [0.717, 1.165) is 22.6 Å². The number of benzene rings is 2. The Morgan fingerprint density at radius 3 is 2.67 bits per heavy atom. The van der Waals surface area contributed by atoms with E-state index >= 15 is 0 Å². The minimum absolute atomic E-state index is 0.639. The standard InChI is InChI=1S/C16H15IN4/c1-11-7-8-13(9-14(11)17)18-10-15-16(20-21-19-15)12-5-3-2-4-6-12/h2-9,18H,10H2,1H3,(H,19,20,21). The van der Waals surface area contributed by atoms with Crippen LogP contribution in [0.2, 0.25) is 0 Å². The third kappa shape index (κ3) is 3.24. The first-order valence-corrected chi connectivity index (χ1v) is 7.77. The third-order valence-electron chi connectivity index (χ3n) is 3.30. The Bertz CT molecular complexity index is 737. The molecule has 0 amide bonds. The Morgan fingerprint density at radius 2 is 1.90 bits per heavy atom. The quantitative estimate of drug-likeness (QED) is 0.663. The van der Waals surface area contributed by atoms with Crippen molar-refractivity contribution in [1.29, 1.82) is 0 Å². The van der Waals surface area contributed by atoms with E-state index in [1.807, 2.05) is 30.3 Å². The molecule has 0 spiro atoms. The molecular weight excluding hydrogens is 375 g/mol. The van der Waals surface area contributed by atoms with Gasteiger partial charge in [0.1, 0.15) is 11.4 Å². The van der Waals surface area contributed by atoms with E-state index in [-0.39, 0.29) is 0 Å². The highest BCUT2D eigenvalue weighted by molar-refractivity contribution is 14.1. The molecule has 0 atom stereocenters. The molecule has 0 saturated heterocycles. The number of H-pyrrole nitrogens is 1. The smallest absolute Gasteiger partial charge is 0.117 e. The van der Waals surface area contributed by atoms with E-state index in [2.05, 4.69) is 68.4 Å². The first kappa shape index (κ1) is 14.1. The summed E-state index contributed by atoms with van der Waals surface area (Å²) in [5.74, 6) is 0. The van der Waals surface area contributed by atoms with Crippen molar-refractivity contribution in [2.24, 2.45) is 0 Å². The zero-order valence-electron chi connectivity index (χ0n) is 11.6. The second kappa shape index (κ2) is 6.26. The number of hydrogen-bond donors (Lipinski definition) is 2. The fourth-order valence-electron chi connectivity index (χ4n) is 2.09. The summed E-state index contributed by atoms with van der Waals surface area (Å²) < 4.78 is 1.25. The Kier molecular flexibility index (Phi) is 4.19. The van der Waals surface area contributed by atoms with Crippen LogP contribution in [0.5, 0.6) is 0 Å². The Balaban J connectivity index is 1.77. The summed E-state index contributed by atoms with van der Waals surface area (Å²) >= 11 is 2.35. The van der Waals surface area contributed by atoms with Crippen LogP contribution in [-0.4, -0.2) is 15.4 Å². The van der Waals surface area contributed by atoms with Crippen LogP contribution in [0, 0.1) is 10.5 Å². The van der Waals surface area contributed by atoms with Gasteiger partial charge in [0.2, 0.25) is 0 Å². The molecule has 0 bridgehead atoms. The van der Waals surface area contributed by atoms with E-state index in [0.29, 0.717) is 6.54 Å². The van der Waals surface area contributed by atoms with Crippen LogP contribution in [0.1, 0.15) is 11.3 Å². The number of aromatic nitrogens is 3. The van der Waals surface area contributed by atoms with Gasteiger partial charge in [0.15, 0.2) is 0 Å². The van der Waals surface area contributed by atoms with Crippen molar-refractivity contribution in [2.45, 2.75) is 13.5 Å². The molecule has 3 aromatic rings. The van der Waals surface area contributed by atoms with Gasteiger partial charge in [-0.1, -0.05) is 36.4 Å². The molecule has 3 rings (SSSR count). The minimum Gasteiger partial charge on any atom is -0.379 e. The minimum atomic E-state index is 0.639. The average molecular weight is 390 g/mol. The molecule has 0 radical (unpaired) electrons. The van der Waals surface area contributed by atoms with Gasteiger partial charge >= 0.3 is 0 Å². The fraction of sp³-hybridized carbons (Fsp3) is 0.125. The molecule has 21 heavy (non-hydrogen) atoms. The van der Waals surface area contributed by atoms with E-state index in [4.69, 9.17) is 0 Å². The van der Waals surface area contributed by atoms with Gasteiger partial charge in [0.05, 0.1) is 6.54 Å². The Labute approximate surface area is 137 Å². The van der Waals surface area contributed by atoms with Crippen LogP contribution in [0.4, 0.5) is 5.69 Å². The second-order valence-corrected chi connectivity index (χ2v) is 5.96. The summed E-state index contributed by atoms with van der Waals surface area (Å²) in [7, 11) is 0. The molecule has 2 N–H and O–H groups in total. The van der Waals surface area contributed by atoms with Gasteiger partial charge in [-0.3, -0.25) is 0 Å². The molecule has 0 aliphatic heterocycles. The van der Waals surface area contributed by atoms with Crippen LogP contribution >= 0.6 is 22.6 Å². The lowest BCUT2D eigenvalue weighted by atomic mass is 10.1. The van der Waals surface area contributed by atoms with Crippen LogP contribution in [0.15, 0.2) is 48.5 Å². The lowest BCUT2D eigenvalue weighted by molar-refractivity contribution is 0.911. The lowest BCUT2D eigenvalue weighted by Gasteiger charge is -2.07. The van der Waals surface area contributed by atoms with Gasteiger partial charge in [0.25, 0.3) is 0 Å². The number of hydrogen-bond acceptors (Lipinski definition) is 3. The Morgan fingerprint density at radius 1 is 1.10 bits per heavy atom. The van der Waals surface area contributed by atoms with Crippen molar-refractivity contribution >= 4 is 28.3 Å². The van der Waals surface area contributed by atoms with Crippen LogP contribution in [0.25, 0.3) is 11.3 Å². The van der Waals surface area contributed by atoms with Crippen molar-refractivity contribution in [3.05, 3.63) is 63.4 Å². The van der Waals surface area contributed by atoms with Gasteiger partial charge < -0.3 is 5.32 Å². The summed E-state index contributed by atoms with van der Waals surface area (Å²) in [6.45, 7) is 2.75. The SMILES string of the molecule is Cc1ccc(NCc2n[nH]nc2-c2ccccc2)cc1I. The summed E-state index contributed by atoms with van der Waals surface area (Å²) in [6.07, 6.45) is 0. The number of nitrogens with one attached hydrogen (secondary N) is 2. The number of halogens is 1. The number of aryl methyl sites for hydroxylation is 1. The average Bonchev–Trinajstić information content (AvgIpc) is 2.98. The van der Waals surface area contributed by atoms with E-state index in [1.54, 1.807) is 0 Å². The van der Waals surface area contributed by atoms with Crippen molar-refractivity contribution in [1.82, 2.24) is 15.4 Å². The fourth-order valence-corrected chi connectivity index (χ4v) is 2.61. The molecule has 1 aromatic heterocycles. The van der Waals surface area contributed by atoms with Gasteiger partial charge in [-0.2, -0.15) is 15.4 Å².